The molecule has 0 aliphatic heterocycles. The van der Waals surface area contributed by atoms with Gasteiger partial charge in [-0.2, -0.15) is 0 Å². The van der Waals surface area contributed by atoms with Gasteiger partial charge in [-0.3, -0.25) is 14.9 Å². The van der Waals surface area contributed by atoms with E-state index in [-0.39, 0.29) is 16.9 Å². The van der Waals surface area contributed by atoms with E-state index in [1.165, 1.54) is 5.56 Å². The molecule has 4 aromatic carbocycles. The van der Waals surface area contributed by atoms with Crippen LogP contribution in [-0.2, 0) is 6.42 Å². The lowest BCUT2D eigenvalue weighted by molar-refractivity contribution is 0.0976. The Balaban J connectivity index is 1.26. The molecular weight excluding hydrogens is 470 g/mol. The summed E-state index contributed by atoms with van der Waals surface area (Å²) in [6.07, 6.45) is 0.778. The Kier molecular flexibility index (Phi) is 8.40. The lowest BCUT2D eigenvalue weighted by atomic mass is 10.2. The van der Waals surface area contributed by atoms with Gasteiger partial charge in [-0.15, -0.1) is 0 Å². The molecule has 0 spiro atoms. The predicted molar refractivity (Wildman–Crippen MR) is 147 cm³/mol. The summed E-state index contributed by atoms with van der Waals surface area (Å²) in [7, 11) is 0. The van der Waals surface area contributed by atoms with Crippen molar-refractivity contribution in [2.45, 2.75) is 6.42 Å². The van der Waals surface area contributed by atoms with E-state index in [4.69, 9.17) is 17.0 Å². The van der Waals surface area contributed by atoms with E-state index in [1.807, 2.05) is 42.5 Å². The second-order valence-electron chi connectivity index (χ2n) is 7.92. The second-order valence-corrected chi connectivity index (χ2v) is 8.33. The van der Waals surface area contributed by atoms with Crippen molar-refractivity contribution in [2.75, 3.05) is 17.2 Å². The molecule has 4 rings (SSSR count). The fourth-order valence-electron chi connectivity index (χ4n) is 3.43. The Hall–Kier alpha value is -4.49. The molecule has 7 heteroatoms. The molecule has 0 unspecified atom stereocenters. The first kappa shape index (κ1) is 24.6. The van der Waals surface area contributed by atoms with Gasteiger partial charge in [0, 0.05) is 28.9 Å². The number of anilines is 2. The van der Waals surface area contributed by atoms with Crippen molar-refractivity contribution >= 4 is 40.5 Å². The molecule has 0 saturated carbocycles. The molecule has 0 atom stereocenters. The summed E-state index contributed by atoms with van der Waals surface area (Å²) in [6, 6.07) is 33.1. The fraction of sp³-hybridized carbons (Fsp3) is 0.0690. The zero-order chi connectivity index (χ0) is 25.2. The van der Waals surface area contributed by atoms with Gasteiger partial charge >= 0.3 is 0 Å². The van der Waals surface area contributed by atoms with E-state index < -0.39 is 0 Å². The number of benzene rings is 4. The number of ether oxygens (including phenoxy) is 1. The van der Waals surface area contributed by atoms with Gasteiger partial charge in [0.2, 0.25) is 0 Å². The maximum absolute atomic E-state index is 12.7. The summed E-state index contributed by atoms with van der Waals surface area (Å²) in [5.74, 6) is 0.0868. The smallest absolute Gasteiger partial charge is 0.257 e. The topological polar surface area (TPSA) is 79.5 Å². The minimum absolute atomic E-state index is 0.163. The van der Waals surface area contributed by atoms with Crippen LogP contribution in [0.5, 0.6) is 5.75 Å². The van der Waals surface area contributed by atoms with E-state index in [9.17, 15) is 9.59 Å². The average molecular weight is 496 g/mol. The van der Waals surface area contributed by atoms with Crippen molar-refractivity contribution in [3.05, 3.63) is 126 Å². The summed E-state index contributed by atoms with van der Waals surface area (Å²) < 4.78 is 5.81. The highest BCUT2D eigenvalue weighted by Crippen LogP contribution is 2.16. The van der Waals surface area contributed by atoms with Gasteiger partial charge in [-0.25, -0.2) is 0 Å². The lowest BCUT2D eigenvalue weighted by Gasteiger charge is -2.12. The summed E-state index contributed by atoms with van der Waals surface area (Å²) in [5.41, 5.74) is 3.53. The van der Waals surface area contributed by atoms with E-state index in [2.05, 4.69) is 28.1 Å². The molecule has 0 heterocycles. The highest BCUT2D eigenvalue weighted by molar-refractivity contribution is 7.80. The third-order valence-corrected chi connectivity index (χ3v) is 5.47. The van der Waals surface area contributed by atoms with Gasteiger partial charge in [-0.1, -0.05) is 54.6 Å². The predicted octanol–water partition coefficient (Wildman–Crippen LogP) is 5.69. The average Bonchev–Trinajstić information content (AvgIpc) is 2.91. The first-order valence-electron chi connectivity index (χ1n) is 11.4. The van der Waals surface area contributed by atoms with Crippen LogP contribution in [0.25, 0.3) is 0 Å². The molecule has 6 nitrogen and oxygen atoms in total. The maximum Gasteiger partial charge on any atom is 0.257 e. The normalized spacial score (nSPS) is 10.2. The Labute approximate surface area is 215 Å². The van der Waals surface area contributed by atoms with Crippen molar-refractivity contribution < 1.29 is 14.3 Å². The summed E-state index contributed by atoms with van der Waals surface area (Å²) in [6.45, 7) is 0.511. The molecular formula is C29H25N3O3S. The second kappa shape index (κ2) is 12.3. The fourth-order valence-corrected chi connectivity index (χ4v) is 3.64. The molecule has 0 bridgehead atoms. The number of rotatable bonds is 8. The maximum atomic E-state index is 12.7. The van der Waals surface area contributed by atoms with E-state index in [1.54, 1.807) is 54.6 Å². The van der Waals surface area contributed by atoms with Crippen LogP contribution in [0.3, 0.4) is 0 Å². The highest BCUT2D eigenvalue weighted by Gasteiger charge is 2.10. The Morgan fingerprint density at radius 1 is 0.667 bits per heavy atom. The molecule has 0 aromatic heterocycles. The van der Waals surface area contributed by atoms with Crippen LogP contribution in [0.15, 0.2) is 109 Å². The van der Waals surface area contributed by atoms with Crippen molar-refractivity contribution in [1.29, 1.82) is 0 Å². The Bertz CT molecular complexity index is 1330. The van der Waals surface area contributed by atoms with Crippen LogP contribution >= 0.6 is 12.2 Å². The van der Waals surface area contributed by atoms with Crippen LogP contribution in [0.2, 0.25) is 0 Å². The number of nitrogens with one attached hydrogen (secondary N) is 3. The summed E-state index contributed by atoms with van der Waals surface area (Å²) in [4.78, 5) is 24.9. The van der Waals surface area contributed by atoms with Gasteiger partial charge < -0.3 is 15.4 Å². The van der Waals surface area contributed by atoms with Gasteiger partial charge in [0.1, 0.15) is 5.75 Å². The van der Waals surface area contributed by atoms with E-state index in [0.717, 1.165) is 6.42 Å². The minimum Gasteiger partial charge on any atom is -0.493 e. The largest absolute Gasteiger partial charge is 0.493 e. The van der Waals surface area contributed by atoms with Gasteiger partial charge in [0.15, 0.2) is 5.11 Å². The number of thiocarbonyl (C=S) groups is 1. The van der Waals surface area contributed by atoms with Crippen LogP contribution < -0.4 is 20.7 Å². The number of hydrogen-bond donors (Lipinski definition) is 3. The molecule has 0 radical (unpaired) electrons. The third kappa shape index (κ3) is 7.25. The Morgan fingerprint density at radius 2 is 1.28 bits per heavy atom. The number of hydrogen-bond acceptors (Lipinski definition) is 4. The molecule has 180 valence electrons. The molecule has 4 aromatic rings. The van der Waals surface area contributed by atoms with Crippen LogP contribution in [0.1, 0.15) is 26.3 Å². The van der Waals surface area contributed by atoms with Gasteiger partial charge in [-0.05, 0) is 72.4 Å². The molecule has 36 heavy (non-hydrogen) atoms. The molecule has 2 amide bonds. The zero-order valence-electron chi connectivity index (χ0n) is 19.4. The monoisotopic (exact) mass is 495 g/mol. The third-order valence-electron chi connectivity index (χ3n) is 5.26. The number of carbonyl (C=O) groups is 2. The van der Waals surface area contributed by atoms with E-state index in [0.29, 0.717) is 34.9 Å². The first-order valence-corrected chi connectivity index (χ1v) is 11.8. The SMILES string of the molecule is O=C(NC(=S)Nc1ccc(NC(=O)c2ccccc2)cc1)c1cccc(OCCc2ccccc2)c1. The molecule has 0 aliphatic rings. The zero-order valence-corrected chi connectivity index (χ0v) is 20.3. The summed E-state index contributed by atoms with van der Waals surface area (Å²) >= 11 is 5.29. The van der Waals surface area contributed by atoms with Crippen LogP contribution in [0, 0.1) is 0 Å². The van der Waals surface area contributed by atoms with Gasteiger partial charge in [0.05, 0.1) is 6.61 Å². The van der Waals surface area contributed by atoms with Crippen molar-refractivity contribution in [2.24, 2.45) is 0 Å². The molecule has 0 saturated heterocycles. The number of amides is 2. The molecule has 3 N–H and O–H groups in total. The highest BCUT2D eigenvalue weighted by atomic mass is 32.1. The molecule has 0 fully saturated rings. The summed E-state index contributed by atoms with van der Waals surface area (Å²) in [5, 5.41) is 8.66. The van der Waals surface area contributed by atoms with Crippen molar-refractivity contribution in [3.63, 3.8) is 0 Å². The first-order chi connectivity index (χ1) is 17.6. The van der Waals surface area contributed by atoms with Gasteiger partial charge in [0.25, 0.3) is 11.8 Å². The van der Waals surface area contributed by atoms with Crippen molar-refractivity contribution in [1.82, 2.24) is 5.32 Å². The Morgan fingerprint density at radius 3 is 1.97 bits per heavy atom. The standard InChI is InChI=1S/C29H25N3O3S/c33-27(22-10-5-2-6-11-22)30-24-14-16-25(17-15-24)31-29(36)32-28(34)23-12-7-13-26(20-23)35-19-18-21-8-3-1-4-9-21/h1-17,20H,18-19H2,(H,30,33)(H2,31,32,34,36). The van der Waals surface area contributed by atoms with Crippen LogP contribution in [0.4, 0.5) is 11.4 Å². The quantitative estimate of drug-likeness (QED) is 0.274. The lowest BCUT2D eigenvalue weighted by Crippen LogP contribution is -2.34. The molecule has 0 aliphatic carbocycles. The number of carbonyl (C=O) groups excluding carboxylic acids is 2. The van der Waals surface area contributed by atoms with Crippen molar-refractivity contribution in [3.8, 4) is 5.75 Å². The van der Waals surface area contributed by atoms with E-state index >= 15 is 0 Å². The minimum atomic E-state index is -0.340. The van der Waals surface area contributed by atoms with Crippen LogP contribution in [-0.4, -0.2) is 23.5 Å².